The lowest BCUT2D eigenvalue weighted by Gasteiger charge is -2.17. The van der Waals surface area contributed by atoms with Crippen LogP contribution in [0.3, 0.4) is 0 Å². The van der Waals surface area contributed by atoms with E-state index in [4.69, 9.17) is 0 Å². The van der Waals surface area contributed by atoms with E-state index in [1.54, 1.807) is 6.92 Å². The van der Waals surface area contributed by atoms with Crippen LogP contribution < -0.4 is 0 Å². The van der Waals surface area contributed by atoms with Gasteiger partial charge in [0, 0.05) is 12.5 Å². The van der Waals surface area contributed by atoms with Crippen molar-refractivity contribution in [2.24, 2.45) is 5.41 Å². The summed E-state index contributed by atoms with van der Waals surface area (Å²) in [5.41, 5.74) is 0.206. The molecule has 0 saturated heterocycles. The molecule has 2 aromatic rings. The molecule has 0 N–H and O–H groups in total. The van der Waals surface area contributed by atoms with Crippen molar-refractivity contribution >= 4 is 15.9 Å². The van der Waals surface area contributed by atoms with Gasteiger partial charge in [0.2, 0.25) is 0 Å². The number of hydrogen-bond acceptors (Lipinski definition) is 2. The first-order valence-electron chi connectivity index (χ1n) is 6.75. The lowest BCUT2D eigenvalue weighted by atomic mass is 9.90. The van der Waals surface area contributed by atoms with Gasteiger partial charge in [-0.25, -0.2) is 18.4 Å². The maximum absolute atomic E-state index is 14.2. The molecule has 114 valence electrons. The summed E-state index contributed by atoms with van der Waals surface area (Å²) in [6.07, 6.45) is 1.53. The molecule has 0 aliphatic carbocycles. The van der Waals surface area contributed by atoms with Crippen molar-refractivity contribution < 1.29 is 8.78 Å². The Kier molecular flexibility index (Phi) is 4.46. The summed E-state index contributed by atoms with van der Waals surface area (Å²) in [5, 5.41) is 4.20. The molecule has 0 saturated carbocycles. The Morgan fingerprint density at radius 3 is 2.52 bits per heavy atom. The zero-order chi connectivity index (χ0) is 15.8. The summed E-state index contributed by atoms with van der Waals surface area (Å²) in [7, 11) is 0. The Morgan fingerprint density at radius 1 is 1.24 bits per heavy atom. The van der Waals surface area contributed by atoms with Gasteiger partial charge < -0.3 is 0 Å². The van der Waals surface area contributed by atoms with Crippen LogP contribution in [0.2, 0.25) is 0 Å². The van der Waals surface area contributed by atoms with E-state index in [9.17, 15) is 8.78 Å². The number of aryl methyl sites for hydroxylation is 2. The number of hydrogen-bond donors (Lipinski definition) is 0. The molecule has 0 spiro atoms. The summed E-state index contributed by atoms with van der Waals surface area (Å²) in [6.45, 7) is 8.11. The van der Waals surface area contributed by atoms with Gasteiger partial charge in [-0.05, 0) is 40.8 Å². The van der Waals surface area contributed by atoms with Crippen LogP contribution >= 0.6 is 15.9 Å². The van der Waals surface area contributed by atoms with Gasteiger partial charge in [0.25, 0.3) is 0 Å². The number of nitrogens with zero attached hydrogens (tertiary/aromatic N) is 3. The molecule has 0 aliphatic heterocycles. The molecule has 0 atom stereocenters. The minimum absolute atomic E-state index is 0.0754. The second-order valence-corrected chi connectivity index (χ2v) is 7.12. The molecule has 0 aliphatic rings. The predicted molar refractivity (Wildman–Crippen MR) is 81.5 cm³/mol. The molecule has 0 radical (unpaired) electrons. The fraction of sp³-hybridized carbons (Fsp3) is 0.467. The normalized spacial score (nSPS) is 12.0. The average molecular weight is 358 g/mol. The highest BCUT2D eigenvalue weighted by atomic mass is 79.9. The Bertz CT molecular complexity index is 660. The maximum atomic E-state index is 14.2. The van der Waals surface area contributed by atoms with E-state index < -0.39 is 11.6 Å². The molecule has 1 aromatic carbocycles. The van der Waals surface area contributed by atoms with Crippen LogP contribution in [0.1, 0.15) is 38.8 Å². The van der Waals surface area contributed by atoms with Crippen molar-refractivity contribution in [2.75, 3.05) is 0 Å². The van der Waals surface area contributed by atoms with Gasteiger partial charge in [0.15, 0.2) is 5.82 Å². The Morgan fingerprint density at radius 2 is 1.90 bits per heavy atom. The summed E-state index contributed by atoms with van der Waals surface area (Å²) < 4.78 is 29.2. The standard InChI is InChI=1S/C15H18BrF2N3/c1-9-19-13(5-6-15(2,3)4)21(20-9)12-8-10(17)7-11(16)14(12)18/h7-8H,5-6H2,1-4H3. The molecule has 0 amide bonds. The number of halogens is 3. The van der Waals surface area contributed by atoms with Crippen molar-refractivity contribution in [3.05, 3.63) is 39.9 Å². The predicted octanol–water partition coefficient (Wildman–Crippen LogP) is 4.60. The third-order valence-electron chi connectivity index (χ3n) is 3.08. The van der Waals surface area contributed by atoms with E-state index >= 15 is 0 Å². The van der Waals surface area contributed by atoms with Crippen LogP contribution in [0.15, 0.2) is 16.6 Å². The summed E-state index contributed by atoms with van der Waals surface area (Å²) in [4.78, 5) is 4.34. The van der Waals surface area contributed by atoms with Gasteiger partial charge in [0.1, 0.15) is 23.2 Å². The number of aromatic nitrogens is 3. The largest absolute Gasteiger partial charge is 0.216 e. The number of benzene rings is 1. The molecule has 1 aromatic heterocycles. The first-order chi connectivity index (χ1) is 9.67. The molecule has 6 heteroatoms. The molecule has 1 heterocycles. The monoisotopic (exact) mass is 357 g/mol. The van der Waals surface area contributed by atoms with Gasteiger partial charge in [0.05, 0.1) is 4.47 Å². The van der Waals surface area contributed by atoms with Crippen molar-refractivity contribution in [3.63, 3.8) is 0 Å². The van der Waals surface area contributed by atoms with Crippen LogP contribution in [0, 0.1) is 24.0 Å². The van der Waals surface area contributed by atoms with E-state index in [0.717, 1.165) is 18.6 Å². The first-order valence-corrected chi connectivity index (χ1v) is 7.54. The van der Waals surface area contributed by atoms with Crippen molar-refractivity contribution in [1.29, 1.82) is 0 Å². The first kappa shape index (κ1) is 16.1. The Hall–Kier alpha value is -1.30. The second-order valence-electron chi connectivity index (χ2n) is 6.27. The third kappa shape index (κ3) is 3.87. The van der Waals surface area contributed by atoms with E-state index in [1.807, 2.05) is 0 Å². The third-order valence-corrected chi connectivity index (χ3v) is 3.66. The molecule has 21 heavy (non-hydrogen) atoms. The van der Waals surface area contributed by atoms with Gasteiger partial charge in [-0.2, -0.15) is 5.10 Å². The van der Waals surface area contributed by atoms with Gasteiger partial charge in [-0.15, -0.1) is 0 Å². The maximum Gasteiger partial charge on any atom is 0.163 e. The van der Waals surface area contributed by atoms with Crippen molar-refractivity contribution in [2.45, 2.75) is 40.5 Å². The molecular formula is C15H18BrF2N3. The van der Waals surface area contributed by atoms with Crippen LogP contribution in [-0.2, 0) is 6.42 Å². The van der Waals surface area contributed by atoms with Crippen LogP contribution in [-0.4, -0.2) is 14.8 Å². The average Bonchev–Trinajstić information content (AvgIpc) is 2.71. The highest BCUT2D eigenvalue weighted by molar-refractivity contribution is 9.10. The van der Waals surface area contributed by atoms with Crippen molar-refractivity contribution in [3.8, 4) is 5.69 Å². The van der Waals surface area contributed by atoms with E-state index in [0.29, 0.717) is 18.1 Å². The second kappa shape index (κ2) is 5.83. The highest BCUT2D eigenvalue weighted by Gasteiger charge is 2.19. The van der Waals surface area contributed by atoms with Crippen LogP contribution in [0.25, 0.3) is 5.69 Å². The van der Waals surface area contributed by atoms with E-state index in [-0.39, 0.29) is 15.6 Å². The summed E-state index contributed by atoms with van der Waals surface area (Å²) >= 11 is 3.02. The zero-order valence-corrected chi connectivity index (χ0v) is 14.1. The summed E-state index contributed by atoms with van der Waals surface area (Å²) in [5.74, 6) is 0.115. The number of rotatable bonds is 3. The Labute approximate surface area is 131 Å². The minimum Gasteiger partial charge on any atom is -0.216 e. The van der Waals surface area contributed by atoms with Crippen LogP contribution in [0.5, 0.6) is 0 Å². The zero-order valence-electron chi connectivity index (χ0n) is 12.5. The SMILES string of the molecule is Cc1nc(CCC(C)(C)C)n(-c2cc(F)cc(Br)c2F)n1. The lowest BCUT2D eigenvalue weighted by molar-refractivity contribution is 0.372. The fourth-order valence-corrected chi connectivity index (χ4v) is 2.42. The Balaban J connectivity index is 2.45. The van der Waals surface area contributed by atoms with Gasteiger partial charge >= 0.3 is 0 Å². The lowest BCUT2D eigenvalue weighted by Crippen LogP contribution is -2.11. The van der Waals surface area contributed by atoms with Gasteiger partial charge in [-0.3, -0.25) is 0 Å². The highest BCUT2D eigenvalue weighted by Crippen LogP contribution is 2.26. The molecule has 0 bridgehead atoms. The molecular weight excluding hydrogens is 340 g/mol. The molecule has 3 nitrogen and oxygen atoms in total. The molecule has 0 fully saturated rings. The van der Waals surface area contributed by atoms with Gasteiger partial charge in [-0.1, -0.05) is 20.8 Å². The van der Waals surface area contributed by atoms with Crippen molar-refractivity contribution in [1.82, 2.24) is 14.8 Å². The fourth-order valence-electron chi connectivity index (χ4n) is 2.00. The quantitative estimate of drug-likeness (QED) is 0.751. The molecule has 2 rings (SSSR count). The smallest absolute Gasteiger partial charge is 0.163 e. The molecule has 0 unspecified atom stereocenters. The van der Waals surface area contributed by atoms with E-state index in [1.165, 1.54) is 4.68 Å². The topological polar surface area (TPSA) is 30.7 Å². The minimum atomic E-state index is -0.543. The van der Waals surface area contributed by atoms with E-state index in [2.05, 4.69) is 46.8 Å². The van der Waals surface area contributed by atoms with Crippen LogP contribution in [0.4, 0.5) is 8.78 Å². The summed E-state index contributed by atoms with van der Waals surface area (Å²) in [6, 6.07) is 2.23.